The number of phenols is 1. The summed E-state index contributed by atoms with van der Waals surface area (Å²) >= 11 is 0. The minimum atomic E-state index is -4.16. The number of nitrogens with zero attached hydrogens (tertiary/aromatic N) is 3. The average molecular weight is 1930 g/mol. The van der Waals surface area contributed by atoms with Gasteiger partial charge in [0.1, 0.15) is 42.3 Å². The Bertz CT molecular complexity index is 4990. The van der Waals surface area contributed by atoms with Crippen LogP contribution in [0.2, 0.25) is 0 Å². The van der Waals surface area contributed by atoms with Gasteiger partial charge >= 0.3 is 0 Å². The van der Waals surface area contributed by atoms with E-state index in [1.54, 1.807) is 31.7 Å². The molecule has 0 spiro atoms. The Morgan fingerprint density at radius 2 is 1.07 bits per heavy atom. The van der Waals surface area contributed by atoms with E-state index in [0.29, 0.717) is 114 Å². The van der Waals surface area contributed by atoms with Crippen molar-refractivity contribution in [2.75, 3.05) is 154 Å². The number of imide groups is 1. The first-order valence-corrected chi connectivity index (χ1v) is 50.3. The first-order valence-electron chi connectivity index (χ1n) is 48.7. The van der Waals surface area contributed by atoms with E-state index in [9.17, 15) is 61.5 Å². The molecule has 0 bridgehead atoms. The van der Waals surface area contributed by atoms with E-state index in [2.05, 4.69) is 73.3 Å². The molecule has 10 amide bonds. The molecule has 10 atom stereocenters. The molecule has 0 saturated heterocycles. The number of nitrogens with one attached hydrogen (secondary N) is 8. The molecule has 3 fully saturated rings. The lowest BCUT2D eigenvalue weighted by molar-refractivity contribution is -0.150. The van der Waals surface area contributed by atoms with E-state index in [1.807, 2.05) is 92.7 Å². The molecule has 137 heavy (non-hydrogen) atoms. The number of ether oxygens (including phenoxy) is 9. The summed E-state index contributed by atoms with van der Waals surface area (Å²) in [5.41, 5.74) is 6.75. The number of unbranched alkanes of at least 4 members (excludes halogenated alkanes) is 1. The Hall–Kier alpha value is -10.2. The summed E-state index contributed by atoms with van der Waals surface area (Å²) in [4.78, 5) is 145. The second kappa shape index (κ2) is 54.4. The van der Waals surface area contributed by atoms with Gasteiger partial charge in [-0.1, -0.05) is 122 Å². The third-order valence-corrected chi connectivity index (χ3v) is 28.1. The minimum Gasteiger partial charge on any atom is -0.508 e. The molecule has 6 aliphatic rings. The van der Waals surface area contributed by atoms with E-state index < -0.39 is 97.7 Å². The van der Waals surface area contributed by atoms with Gasteiger partial charge in [0, 0.05) is 62.1 Å². The summed E-state index contributed by atoms with van der Waals surface area (Å²) in [7, 11) is -4.16. The highest BCUT2D eigenvalue weighted by molar-refractivity contribution is 7.85. The normalized spacial score (nSPS) is 21.8. The second-order valence-corrected chi connectivity index (χ2v) is 39.1. The number of anilines is 2. The molecule has 12 N–H and O–H groups in total. The fraction of sp³-hybridized carbons (Fsp3) is 0.624. The molecular weight excluding hydrogens is 1780 g/mol. The number of phenolic OH excluding ortho intramolecular Hbond substituents is 1. The van der Waals surface area contributed by atoms with Gasteiger partial charge in [-0.3, -0.25) is 62.8 Å². The molecule has 752 valence electrons. The van der Waals surface area contributed by atoms with Gasteiger partial charge < -0.3 is 95.7 Å². The highest BCUT2D eigenvalue weighted by atomic mass is 32.2. The number of nitrogens with two attached hydrogens (primary N) is 1. The number of fused-ring (bicyclic) bond motifs is 8. The number of amides is 10. The van der Waals surface area contributed by atoms with Gasteiger partial charge in [0.15, 0.2) is 0 Å². The van der Waals surface area contributed by atoms with E-state index in [-0.39, 0.29) is 178 Å². The smallest absolute Gasteiger partial charge is 0.266 e. The van der Waals surface area contributed by atoms with Crippen molar-refractivity contribution in [2.24, 2.45) is 44.5 Å². The molecule has 0 aromatic heterocycles. The van der Waals surface area contributed by atoms with Crippen LogP contribution >= 0.6 is 0 Å². The summed E-state index contributed by atoms with van der Waals surface area (Å²) in [5.74, 6) is 7.32. The van der Waals surface area contributed by atoms with Crippen molar-refractivity contribution < 1.29 is 109 Å². The Morgan fingerprint density at radius 1 is 0.526 bits per heavy atom. The van der Waals surface area contributed by atoms with Crippen molar-refractivity contribution in [1.82, 2.24) is 37.2 Å². The zero-order valence-electron chi connectivity index (χ0n) is 80.7. The highest BCUT2D eigenvalue weighted by Gasteiger charge is 2.59. The SMILES string of the molecule is CC(C)[C@H](NC(=O)[C@@H](CCCCNC(=O)COC1CCCCCC(=NCCOCCOCCOCCOCCC(=O)NCCS(=O)(=O)O)C1=NN)NC(=O)CCOCCOCCOCCOCCNC(=O)CCC(=O)N1Cc2ccccc2C#Cc2ccccc21)C(=O)N[C@@H](C)C(=O)Nc1ccc2c(c1)[C@@]1(C)CCC[C@](C)(C(=O)NC(=O)[C@@]3(C)CCC[C@]4(C)c5cc(O)ccc5CC[C@@H]34)C1CC2. The molecule has 0 radical (unpaired) electrons. The van der Waals surface area contributed by atoms with E-state index >= 15 is 0 Å². The quantitative estimate of drug-likeness (QED) is 0.00498. The molecular formula is C101H144N12O23S. The maximum absolute atomic E-state index is 15.0. The first kappa shape index (κ1) is 109. The number of benzene rings is 4. The van der Waals surface area contributed by atoms with Crippen molar-refractivity contribution >= 4 is 92.0 Å². The lowest BCUT2D eigenvalue weighted by Crippen LogP contribution is -2.60. The maximum Gasteiger partial charge on any atom is 0.266 e. The molecule has 4 aromatic carbocycles. The maximum atomic E-state index is 15.0. The largest absolute Gasteiger partial charge is 0.508 e. The van der Waals surface area contributed by atoms with Crippen LogP contribution in [0, 0.1) is 40.4 Å². The van der Waals surface area contributed by atoms with E-state index in [1.165, 1.54) is 5.56 Å². The van der Waals surface area contributed by atoms with Crippen LogP contribution in [0.5, 0.6) is 5.75 Å². The van der Waals surface area contributed by atoms with Gasteiger partial charge in [0.25, 0.3) is 10.1 Å². The monoisotopic (exact) mass is 1930 g/mol. The van der Waals surface area contributed by atoms with Crippen molar-refractivity contribution in [3.05, 3.63) is 124 Å². The molecule has 10 rings (SSSR count). The van der Waals surface area contributed by atoms with Crippen molar-refractivity contribution in [3.63, 3.8) is 0 Å². The summed E-state index contributed by atoms with van der Waals surface area (Å²) in [5, 5.41) is 37.3. The fourth-order valence-corrected chi connectivity index (χ4v) is 20.3. The number of aliphatic imine (C=N–C) groups is 1. The van der Waals surface area contributed by atoms with Gasteiger partial charge in [0.05, 0.1) is 147 Å². The van der Waals surface area contributed by atoms with E-state index in [4.69, 9.17) is 58.0 Å². The number of rotatable bonds is 54. The minimum absolute atomic E-state index is 0.0112. The molecule has 1 aliphatic heterocycles. The van der Waals surface area contributed by atoms with Crippen LogP contribution in [0.3, 0.4) is 0 Å². The third-order valence-electron chi connectivity index (χ3n) is 27.4. The predicted molar refractivity (Wildman–Crippen MR) is 516 cm³/mol. The molecule has 3 saturated carbocycles. The zero-order valence-corrected chi connectivity index (χ0v) is 81.6. The van der Waals surface area contributed by atoms with Crippen LogP contribution in [-0.2, 0) is 131 Å². The molecule has 5 aliphatic carbocycles. The van der Waals surface area contributed by atoms with Crippen molar-refractivity contribution in [3.8, 4) is 17.6 Å². The number of aryl methyl sites for hydroxylation is 2. The Kier molecular flexibility index (Phi) is 43.2. The zero-order chi connectivity index (χ0) is 98.4. The van der Waals surface area contributed by atoms with Crippen molar-refractivity contribution in [2.45, 2.75) is 231 Å². The van der Waals surface area contributed by atoms with Crippen LogP contribution < -0.4 is 53.3 Å². The molecule has 36 heteroatoms. The first-order chi connectivity index (χ1) is 65.8. The molecule has 4 aromatic rings. The van der Waals surface area contributed by atoms with Gasteiger partial charge in [-0.05, 0) is 196 Å². The Balaban J connectivity index is 0.653. The van der Waals surface area contributed by atoms with Crippen molar-refractivity contribution in [1.29, 1.82) is 0 Å². The van der Waals surface area contributed by atoms with Crippen LogP contribution in [0.25, 0.3) is 0 Å². The second-order valence-electron chi connectivity index (χ2n) is 37.5. The van der Waals surface area contributed by atoms with Gasteiger partial charge in [-0.15, -0.1) is 0 Å². The average Bonchev–Trinajstić information content (AvgIpc) is 0.717. The summed E-state index contributed by atoms with van der Waals surface area (Å²) in [6.45, 7) is 17.9. The number of hydrazone groups is 1. The number of para-hydroxylation sites is 1. The molecule has 1 heterocycles. The van der Waals surface area contributed by atoms with E-state index in [0.717, 1.165) is 97.6 Å². The summed E-state index contributed by atoms with van der Waals surface area (Å²) in [6, 6.07) is 23.2. The van der Waals surface area contributed by atoms with Gasteiger partial charge in [-0.2, -0.15) is 13.5 Å². The topological polar surface area (TPSA) is 479 Å². The summed E-state index contributed by atoms with van der Waals surface area (Å²) < 4.78 is 81.4. The Labute approximate surface area is 805 Å². The van der Waals surface area contributed by atoms with Gasteiger partial charge in [0.2, 0.25) is 59.1 Å². The third kappa shape index (κ3) is 32.5. The lowest BCUT2D eigenvalue weighted by atomic mass is 9.49. The predicted octanol–water partition coefficient (Wildman–Crippen LogP) is 7.98. The number of carbonyl (C=O) groups excluding carboxylic acids is 10. The molecule has 2 unspecified atom stereocenters. The number of carbonyl (C=O) groups is 10. The summed E-state index contributed by atoms with van der Waals surface area (Å²) in [6.07, 6.45) is 11.4. The standard InChI is InChI=1S/C101H144N12O23S/c1-69(2)91(95(122)107-70(3)93(120)108-76-32-28-72-30-34-84-98(4,78(72)65-76)40-17-42-100(84,6)96(123)111-97(124)101(7)43-18-41-99(5)79-66-77(114)33-29-73(79)31-35-85(99)101)110-94(121)81(109-88(117)39-49-129-53-57-133-61-63-135-59-55-131-51-46-105-86(115)36-37-90(119)113-67-75-21-12-11-19-71(75)26-27-74-20-13-14-24-82(74)113)23-15-16-44-104-89(118)68-136-83-25-10-8-9-22-80(92(83)112-102)103-45-50-130-54-58-134-62-60-132-56-52-128-48-38-87(116)106-47-64-137(125,126)127/h11-14,19-21,24,28-29,32-33,65-66,69-70,81,83-85,91,114H,8-10,15-18,22-23,25,30-31,34-64,67-68,102H2,1-7H3,(H,104,118)(H,105,115)(H,106,116)(H,107,122)(H,108,120)(H,109,117)(H,110,121)(H,111,123,124)(H,125,126,127)/t70-,81+,83?,84?,85+,91-,98+,99+,100-,101-/m0/s1. The van der Waals surface area contributed by atoms with Gasteiger partial charge in [-0.25, -0.2) is 0 Å². The van der Waals surface area contributed by atoms with Crippen LogP contribution in [0.4, 0.5) is 11.4 Å². The van der Waals surface area contributed by atoms with Crippen LogP contribution in [-0.4, -0.2) is 257 Å². The fourth-order valence-electron chi connectivity index (χ4n) is 19.9. The number of hydrogen-bond donors (Lipinski definition) is 11. The molecule has 35 nitrogen and oxygen atoms in total. The number of aromatic hydroxyl groups is 1. The highest BCUT2D eigenvalue weighted by Crippen LogP contribution is 2.60. The lowest BCUT2D eigenvalue weighted by Gasteiger charge is -2.56. The van der Waals surface area contributed by atoms with Crippen LogP contribution in [0.15, 0.2) is 95.0 Å². The Morgan fingerprint density at radius 3 is 1.69 bits per heavy atom. The van der Waals surface area contributed by atoms with Crippen LogP contribution in [0.1, 0.15) is 216 Å². The number of hydrogen-bond acceptors (Lipinski definition) is 25.